The monoisotopic (exact) mass is 426 g/mol. The SMILES string of the molecule is CCCCc1cccc(Cc2nc(Cc3ccn4ccnc4c3)cc(N3CCCC3)n2)n1. The molecule has 1 aliphatic rings. The van der Waals surface area contributed by atoms with Crippen LogP contribution in [0.3, 0.4) is 0 Å². The van der Waals surface area contributed by atoms with E-state index in [9.17, 15) is 0 Å². The summed E-state index contributed by atoms with van der Waals surface area (Å²) in [6, 6.07) is 12.8. The van der Waals surface area contributed by atoms with Gasteiger partial charge in [0.1, 0.15) is 17.3 Å². The van der Waals surface area contributed by atoms with Crippen LogP contribution in [0.25, 0.3) is 5.65 Å². The minimum absolute atomic E-state index is 0.661. The van der Waals surface area contributed by atoms with Gasteiger partial charge in [0.05, 0.1) is 12.1 Å². The molecule has 0 amide bonds. The van der Waals surface area contributed by atoms with Gasteiger partial charge in [0.15, 0.2) is 0 Å². The molecule has 0 atom stereocenters. The minimum Gasteiger partial charge on any atom is -0.357 e. The van der Waals surface area contributed by atoms with Crippen molar-refractivity contribution in [3.63, 3.8) is 0 Å². The first kappa shape index (κ1) is 20.6. The maximum Gasteiger partial charge on any atom is 0.136 e. The number of imidazole rings is 1. The molecule has 32 heavy (non-hydrogen) atoms. The van der Waals surface area contributed by atoms with Crippen molar-refractivity contribution in [1.29, 1.82) is 0 Å². The van der Waals surface area contributed by atoms with E-state index in [1.807, 2.05) is 16.8 Å². The fourth-order valence-electron chi connectivity index (χ4n) is 4.37. The Bertz CT molecular complexity index is 1190. The van der Waals surface area contributed by atoms with Crippen LogP contribution in [0, 0.1) is 0 Å². The van der Waals surface area contributed by atoms with Crippen LogP contribution in [0.2, 0.25) is 0 Å². The normalized spacial score (nSPS) is 13.8. The van der Waals surface area contributed by atoms with Crippen molar-refractivity contribution < 1.29 is 0 Å². The Morgan fingerprint density at radius 1 is 0.875 bits per heavy atom. The van der Waals surface area contributed by atoms with Gasteiger partial charge in [0.2, 0.25) is 0 Å². The molecule has 5 rings (SSSR count). The first-order valence-corrected chi connectivity index (χ1v) is 11.7. The molecule has 4 aromatic rings. The van der Waals surface area contributed by atoms with E-state index < -0.39 is 0 Å². The van der Waals surface area contributed by atoms with Gasteiger partial charge in [-0.25, -0.2) is 15.0 Å². The van der Waals surface area contributed by atoms with Crippen LogP contribution in [0.1, 0.15) is 61.1 Å². The first-order chi connectivity index (χ1) is 15.8. The maximum absolute atomic E-state index is 4.95. The lowest BCUT2D eigenvalue weighted by Crippen LogP contribution is -2.20. The molecule has 5 heterocycles. The topological polar surface area (TPSA) is 59.2 Å². The fraction of sp³-hybridized carbons (Fsp3) is 0.385. The highest BCUT2D eigenvalue weighted by Gasteiger charge is 2.17. The lowest BCUT2D eigenvalue weighted by Gasteiger charge is -2.18. The number of hydrogen-bond acceptors (Lipinski definition) is 5. The Hall–Kier alpha value is -3.28. The van der Waals surface area contributed by atoms with E-state index in [4.69, 9.17) is 15.0 Å². The number of aryl methyl sites for hydroxylation is 1. The van der Waals surface area contributed by atoms with Crippen molar-refractivity contribution in [2.45, 2.75) is 51.9 Å². The van der Waals surface area contributed by atoms with Crippen LogP contribution in [0.5, 0.6) is 0 Å². The summed E-state index contributed by atoms with van der Waals surface area (Å²) in [7, 11) is 0. The van der Waals surface area contributed by atoms with E-state index in [1.165, 1.54) is 31.2 Å². The van der Waals surface area contributed by atoms with Crippen LogP contribution >= 0.6 is 0 Å². The molecule has 0 bridgehead atoms. The third kappa shape index (κ3) is 4.79. The highest BCUT2D eigenvalue weighted by atomic mass is 15.2. The van der Waals surface area contributed by atoms with Crippen molar-refractivity contribution in [1.82, 2.24) is 24.3 Å². The highest BCUT2D eigenvalue weighted by Crippen LogP contribution is 2.21. The maximum atomic E-state index is 4.95. The average molecular weight is 427 g/mol. The zero-order valence-corrected chi connectivity index (χ0v) is 18.7. The molecule has 6 nitrogen and oxygen atoms in total. The van der Waals surface area contributed by atoms with E-state index >= 15 is 0 Å². The lowest BCUT2D eigenvalue weighted by molar-refractivity contribution is 0.768. The number of rotatable bonds is 8. The third-order valence-electron chi connectivity index (χ3n) is 6.08. The average Bonchev–Trinajstić information content (AvgIpc) is 3.50. The largest absolute Gasteiger partial charge is 0.357 e. The number of unbranched alkanes of at least 4 members (excludes halogenated alkanes) is 1. The van der Waals surface area contributed by atoms with Gasteiger partial charge in [0, 0.05) is 55.6 Å². The van der Waals surface area contributed by atoms with Crippen LogP contribution in [-0.2, 0) is 19.3 Å². The van der Waals surface area contributed by atoms with Crippen LogP contribution in [0.15, 0.2) is 55.0 Å². The molecule has 1 saturated heterocycles. The summed E-state index contributed by atoms with van der Waals surface area (Å²) in [5.74, 6) is 1.90. The Balaban J connectivity index is 1.43. The number of hydrogen-bond donors (Lipinski definition) is 0. The highest BCUT2D eigenvalue weighted by molar-refractivity contribution is 5.45. The van der Waals surface area contributed by atoms with E-state index in [-0.39, 0.29) is 0 Å². The summed E-state index contributed by atoms with van der Waals surface area (Å²) in [5.41, 5.74) is 5.43. The summed E-state index contributed by atoms with van der Waals surface area (Å²) < 4.78 is 2.03. The number of fused-ring (bicyclic) bond motifs is 1. The van der Waals surface area contributed by atoms with Gasteiger partial charge in [-0.3, -0.25) is 4.98 Å². The molecule has 1 aliphatic heterocycles. The summed E-state index contributed by atoms with van der Waals surface area (Å²) in [6.45, 7) is 4.36. The smallest absolute Gasteiger partial charge is 0.136 e. The second kappa shape index (κ2) is 9.47. The van der Waals surface area contributed by atoms with Crippen LogP contribution in [-0.4, -0.2) is 37.4 Å². The molecule has 164 valence electrons. The number of anilines is 1. The molecule has 6 heteroatoms. The molecule has 1 fully saturated rings. The number of aromatic nitrogens is 5. The molecule has 0 saturated carbocycles. The van der Waals surface area contributed by atoms with Crippen LogP contribution < -0.4 is 4.90 Å². The second-order valence-corrected chi connectivity index (χ2v) is 8.63. The Morgan fingerprint density at radius 3 is 2.62 bits per heavy atom. The van der Waals surface area contributed by atoms with Gasteiger partial charge in [0.25, 0.3) is 0 Å². The van der Waals surface area contributed by atoms with Crippen molar-refractivity contribution in [3.8, 4) is 0 Å². The molecule has 0 aromatic carbocycles. The molecular weight excluding hydrogens is 396 g/mol. The summed E-state index contributed by atoms with van der Waals surface area (Å²) in [6.07, 6.45) is 13.1. The fourth-order valence-corrected chi connectivity index (χ4v) is 4.37. The van der Waals surface area contributed by atoms with Gasteiger partial charge in [-0.1, -0.05) is 19.4 Å². The molecular formula is C26H30N6. The number of nitrogens with zero attached hydrogens (tertiary/aromatic N) is 6. The van der Waals surface area contributed by atoms with Crippen molar-refractivity contribution in [3.05, 3.63) is 83.5 Å². The van der Waals surface area contributed by atoms with Crippen molar-refractivity contribution >= 4 is 11.5 Å². The van der Waals surface area contributed by atoms with E-state index in [1.54, 1.807) is 0 Å². The molecule has 0 unspecified atom stereocenters. The zero-order chi connectivity index (χ0) is 21.8. The molecule has 0 spiro atoms. The quantitative estimate of drug-likeness (QED) is 0.411. The molecule has 0 N–H and O–H groups in total. The first-order valence-electron chi connectivity index (χ1n) is 11.7. The predicted octanol–water partition coefficient (Wildman–Crippen LogP) is 4.64. The Labute approximate surface area is 189 Å². The minimum atomic E-state index is 0.661. The van der Waals surface area contributed by atoms with Gasteiger partial charge in [-0.2, -0.15) is 0 Å². The Morgan fingerprint density at radius 2 is 1.75 bits per heavy atom. The summed E-state index contributed by atoms with van der Waals surface area (Å²) in [5, 5.41) is 0. The number of pyridine rings is 2. The van der Waals surface area contributed by atoms with Gasteiger partial charge < -0.3 is 9.30 Å². The van der Waals surface area contributed by atoms with Crippen molar-refractivity contribution in [2.75, 3.05) is 18.0 Å². The second-order valence-electron chi connectivity index (χ2n) is 8.63. The summed E-state index contributed by atoms with van der Waals surface area (Å²) >= 11 is 0. The van der Waals surface area contributed by atoms with E-state index in [0.29, 0.717) is 6.42 Å². The lowest BCUT2D eigenvalue weighted by atomic mass is 10.1. The third-order valence-corrected chi connectivity index (χ3v) is 6.08. The van der Waals surface area contributed by atoms with Crippen molar-refractivity contribution in [2.24, 2.45) is 0 Å². The predicted molar refractivity (Wildman–Crippen MR) is 127 cm³/mol. The van der Waals surface area contributed by atoms with Gasteiger partial charge >= 0.3 is 0 Å². The molecule has 0 radical (unpaired) electrons. The van der Waals surface area contributed by atoms with Gasteiger partial charge in [-0.15, -0.1) is 0 Å². The van der Waals surface area contributed by atoms with Crippen LogP contribution in [0.4, 0.5) is 5.82 Å². The molecule has 0 aliphatic carbocycles. The molecule has 4 aromatic heterocycles. The Kier molecular flexibility index (Phi) is 6.10. The summed E-state index contributed by atoms with van der Waals surface area (Å²) in [4.78, 5) is 21.6. The standard InChI is InChI=1S/C26H30N6/c1-2-3-7-21-8-6-9-22(28-21)18-24-29-23(19-26(30-24)31-12-4-5-13-31)16-20-10-14-32-15-11-27-25(32)17-20/h6,8-11,14-15,17,19H,2-5,7,12-13,16,18H2,1H3. The zero-order valence-electron chi connectivity index (χ0n) is 18.7. The van der Waals surface area contributed by atoms with E-state index in [2.05, 4.69) is 59.4 Å². The van der Waals surface area contributed by atoms with E-state index in [0.717, 1.165) is 60.3 Å². The van der Waals surface area contributed by atoms with Gasteiger partial charge in [-0.05, 0) is 55.5 Å².